The number of para-hydroxylation sites is 1. The molecule has 1 aromatic carbocycles. The summed E-state index contributed by atoms with van der Waals surface area (Å²) in [5, 5.41) is 11.3. The molecule has 1 unspecified atom stereocenters. The van der Waals surface area contributed by atoms with Crippen molar-refractivity contribution in [2.45, 2.75) is 63.5 Å². The van der Waals surface area contributed by atoms with Gasteiger partial charge in [-0.15, -0.1) is 5.10 Å². The molecule has 1 spiro atoms. The van der Waals surface area contributed by atoms with E-state index < -0.39 is 0 Å². The van der Waals surface area contributed by atoms with Gasteiger partial charge in [-0.2, -0.15) is 0 Å². The molecule has 2 saturated carbocycles. The van der Waals surface area contributed by atoms with E-state index in [1.54, 1.807) is 0 Å². The Balaban J connectivity index is 1.10. The van der Waals surface area contributed by atoms with Gasteiger partial charge in [0.15, 0.2) is 0 Å². The second-order valence-corrected chi connectivity index (χ2v) is 8.86. The third-order valence-electron chi connectivity index (χ3n) is 6.73. The molecule has 1 aliphatic heterocycles. The van der Waals surface area contributed by atoms with Crippen LogP contribution in [-0.4, -0.2) is 46.2 Å². The van der Waals surface area contributed by atoms with Gasteiger partial charge in [0.1, 0.15) is 17.9 Å². The lowest BCUT2D eigenvalue weighted by Gasteiger charge is -2.33. The van der Waals surface area contributed by atoms with Crippen molar-refractivity contribution in [3.05, 3.63) is 36.2 Å². The molecule has 1 saturated heterocycles. The van der Waals surface area contributed by atoms with Crippen molar-refractivity contribution in [3.8, 4) is 5.75 Å². The number of likely N-dealkylation sites (tertiary alicyclic amines) is 1. The lowest BCUT2D eigenvalue weighted by molar-refractivity contribution is -0.133. The van der Waals surface area contributed by atoms with Gasteiger partial charge in [0.05, 0.1) is 0 Å². The number of ether oxygens (including phenoxy) is 1. The molecule has 5 rings (SSSR count). The largest absolute Gasteiger partial charge is 0.490 e. The van der Waals surface area contributed by atoms with E-state index in [0.29, 0.717) is 17.3 Å². The Labute approximate surface area is 170 Å². The van der Waals surface area contributed by atoms with Gasteiger partial charge in [0.2, 0.25) is 11.8 Å². The number of hydrogen-bond donors (Lipinski definition) is 1. The number of amides is 1. The first-order valence-corrected chi connectivity index (χ1v) is 10.7. The third kappa shape index (κ3) is 3.95. The van der Waals surface area contributed by atoms with Crippen LogP contribution in [0.5, 0.6) is 5.75 Å². The van der Waals surface area contributed by atoms with E-state index in [4.69, 9.17) is 9.15 Å². The van der Waals surface area contributed by atoms with Gasteiger partial charge < -0.3 is 19.4 Å². The molecule has 7 nitrogen and oxygen atoms in total. The Hall–Kier alpha value is -2.57. The van der Waals surface area contributed by atoms with Gasteiger partial charge in [0, 0.05) is 19.0 Å². The highest BCUT2D eigenvalue weighted by Crippen LogP contribution is 2.53. The quantitative estimate of drug-likeness (QED) is 0.804. The number of aromatic nitrogens is 2. The van der Waals surface area contributed by atoms with Crippen LogP contribution in [0.2, 0.25) is 0 Å². The van der Waals surface area contributed by atoms with E-state index in [1.807, 2.05) is 42.2 Å². The van der Waals surface area contributed by atoms with Gasteiger partial charge in [-0.3, -0.25) is 4.79 Å². The average Bonchev–Trinajstić information content (AvgIpc) is 3.31. The number of anilines is 1. The van der Waals surface area contributed by atoms with Crippen LogP contribution in [0.4, 0.5) is 6.01 Å². The minimum absolute atomic E-state index is 0.111. The molecule has 3 fully saturated rings. The molecule has 2 heterocycles. The fraction of sp³-hybridized carbons (Fsp3) is 0.591. The van der Waals surface area contributed by atoms with Gasteiger partial charge in [-0.1, -0.05) is 23.3 Å². The average molecular weight is 396 g/mol. The summed E-state index contributed by atoms with van der Waals surface area (Å²) in [7, 11) is 0. The number of nitrogens with one attached hydrogen (secondary N) is 1. The van der Waals surface area contributed by atoms with Crippen LogP contribution in [0.3, 0.4) is 0 Å². The molecule has 1 amide bonds. The van der Waals surface area contributed by atoms with E-state index in [1.165, 1.54) is 12.8 Å². The first-order valence-electron chi connectivity index (χ1n) is 10.7. The van der Waals surface area contributed by atoms with Crippen molar-refractivity contribution < 1.29 is 13.9 Å². The lowest BCUT2D eigenvalue weighted by atomic mass is 9.82. The molecule has 0 bridgehead atoms. The van der Waals surface area contributed by atoms with E-state index in [0.717, 1.165) is 44.5 Å². The van der Waals surface area contributed by atoms with Crippen LogP contribution in [0.1, 0.15) is 57.3 Å². The molecule has 3 aliphatic rings. The monoisotopic (exact) mass is 396 g/mol. The maximum atomic E-state index is 12.7. The maximum Gasteiger partial charge on any atom is 0.316 e. The second-order valence-electron chi connectivity index (χ2n) is 8.86. The zero-order valence-electron chi connectivity index (χ0n) is 16.8. The topological polar surface area (TPSA) is 80.5 Å². The molecule has 0 radical (unpaired) electrons. The summed E-state index contributed by atoms with van der Waals surface area (Å²) < 4.78 is 11.7. The van der Waals surface area contributed by atoms with Crippen LogP contribution >= 0.6 is 0 Å². The number of carbonyl (C=O) groups is 1. The molecule has 1 aromatic heterocycles. The summed E-state index contributed by atoms with van der Waals surface area (Å²) in [6.45, 7) is 3.59. The Bertz CT molecular complexity index is 848. The van der Waals surface area contributed by atoms with E-state index in [-0.39, 0.29) is 24.0 Å². The van der Waals surface area contributed by atoms with Crippen molar-refractivity contribution in [2.24, 2.45) is 5.41 Å². The molecule has 7 heteroatoms. The van der Waals surface area contributed by atoms with Gasteiger partial charge in [-0.25, -0.2) is 0 Å². The van der Waals surface area contributed by atoms with E-state index in [9.17, 15) is 4.79 Å². The smallest absolute Gasteiger partial charge is 0.316 e. The molecule has 1 atom stereocenters. The van der Waals surface area contributed by atoms with Crippen LogP contribution in [0.25, 0.3) is 0 Å². The van der Waals surface area contributed by atoms with Crippen LogP contribution in [-0.2, 0) is 4.79 Å². The van der Waals surface area contributed by atoms with Gasteiger partial charge >= 0.3 is 6.01 Å². The number of rotatable bonds is 6. The number of hydrogen-bond acceptors (Lipinski definition) is 6. The Morgan fingerprint density at radius 1 is 1.17 bits per heavy atom. The molecule has 2 aromatic rings. The zero-order chi connectivity index (χ0) is 19.8. The molecule has 1 N–H and O–H groups in total. The first kappa shape index (κ1) is 18.5. The fourth-order valence-electron chi connectivity index (χ4n) is 4.41. The molecular weight excluding hydrogens is 368 g/mol. The van der Waals surface area contributed by atoms with Gasteiger partial charge in [-0.05, 0) is 63.0 Å². The van der Waals surface area contributed by atoms with Crippen LogP contribution in [0.15, 0.2) is 34.7 Å². The fourth-order valence-corrected chi connectivity index (χ4v) is 4.41. The standard InChI is InChI=1S/C22H28N4O3/c1-15(20(27)26-11-9-22(7-8-22)10-12-26)23-21-25-24-19(29-21)16-13-18(14-16)28-17-5-3-2-4-6-17/h2-6,15-16,18H,7-14H2,1H3,(H,23,25). The predicted octanol–water partition coefficient (Wildman–Crippen LogP) is 3.60. The maximum absolute atomic E-state index is 12.7. The summed E-state index contributed by atoms with van der Waals surface area (Å²) in [4.78, 5) is 14.7. The summed E-state index contributed by atoms with van der Waals surface area (Å²) >= 11 is 0. The van der Waals surface area contributed by atoms with Crippen molar-refractivity contribution in [1.82, 2.24) is 15.1 Å². The Kier molecular flexibility index (Phi) is 4.68. The highest BCUT2D eigenvalue weighted by Gasteiger charge is 2.45. The Morgan fingerprint density at radius 2 is 1.90 bits per heavy atom. The lowest BCUT2D eigenvalue weighted by Crippen LogP contribution is -2.45. The number of piperidine rings is 1. The number of nitrogens with zero attached hydrogens (tertiary/aromatic N) is 3. The molecular formula is C22H28N4O3. The highest BCUT2D eigenvalue weighted by molar-refractivity contribution is 5.83. The molecule has 154 valence electrons. The van der Waals surface area contributed by atoms with Crippen LogP contribution < -0.4 is 10.1 Å². The zero-order valence-corrected chi connectivity index (χ0v) is 16.8. The first-order chi connectivity index (χ1) is 14.1. The van der Waals surface area contributed by atoms with E-state index in [2.05, 4.69) is 15.5 Å². The van der Waals surface area contributed by atoms with Crippen molar-refractivity contribution in [3.63, 3.8) is 0 Å². The highest BCUT2D eigenvalue weighted by atomic mass is 16.5. The summed E-state index contributed by atoms with van der Waals surface area (Å²) in [6, 6.07) is 9.80. The predicted molar refractivity (Wildman–Crippen MR) is 108 cm³/mol. The van der Waals surface area contributed by atoms with Crippen LogP contribution in [0, 0.1) is 5.41 Å². The summed E-state index contributed by atoms with van der Waals surface area (Å²) in [5.74, 6) is 1.84. The molecule has 2 aliphatic carbocycles. The molecule has 29 heavy (non-hydrogen) atoms. The summed E-state index contributed by atoms with van der Waals surface area (Å²) in [5.41, 5.74) is 0.569. The third-order valence-corrected chi connectivity index (χ3v) is 6.73. The normalized spacial score (nSPS) is 25.9. The minimum Gasteiger partial charge on any atom is -0.490 e. The van der Waals surface area contributed by atoms with E-state index >= 15 is 0 Å². The number of carbonyl (C=O) groups excluding carboxylic acids is 1. The van der Waals surface area contributed by atoms with Crippen molar-refractivity contribution in [1.29, 1.82) is 0 Å². The second kappa shape index (κ2) is 7.35. The SMILES string of the molecule is CC(Nc1nnc(C2CC(Oc3ccccc3)C2)o1)C(=O)N1CCC2(CC1)CC2. The Morgan fingerprint density at radius 3 is 2.59 bits per heavy atom. The number of benzene rings is 1. The summed E-state index contributed by atoms with van der Waals surface area (Å²) in [6.07, 6.45) is 6.87. The van der Waals surface area contributed by atoms with Crippen molar-refractivity contribution in [2.75, 3.05) is 18.4 Å². The minimum atomic E-state index is -0.368. The van der Waals surface area contributed by atoms with Gasteiger partial charge in [0.25, 0.3) is 0 Å². The van der Waals surface area contributed by atoms with Crippen molar-refractivity contribution >= 4 is 11.9 Å².